The van der Waals surface area contributed by atoms with Crippen LogP contribution in [0.5, 0.6) is 0 Å². The second kappa shape index (κ2) is 6.82. The molecule has 0 saturated carbocycles. The number of amides is 2. The third-order valence-corrected chi connectivity index (χ3v) is 3.93. The number of pyridine rings is 1. The first kappa shape index (κ1) is 16.2. The van der Waals surface area contributed by atoms with E-state index in [0.717, 1.165) is 0 Å². The molecular formula is C17H21N5O2. The van der Waals surface area contributed by atoms with Gasteiger partial charge in [0.15, 0.2) is 5.82 Å². The molecule has 1 aliphatic heterocycles. The van der Waals surface area contributed by atoms with Gasteiger partial charge in [0.05, 0.1) is 17.8 Å². The maximum absolute atomic E-state index is 12.4. The Morgan fingerprint density at radius 1 is 1.42 bits per heavy atom. The van der Waals surface area contributed by atoms with Crippen LogP contribution < -0.4 is 5.32 Å². The highest BCUT2D eigenvalue weighted by atomic mass is 16.2. The largest absolute Gasteiger partial charge is 0.342 e. The van der Waals surface area contributed by atoms with E-state index in [2.05, 4.69) is 29.2 Å². The van der Waals surface area contributed by atoms with Crippen LogP contribution in [-0.4, -0.2) is 44.6 Å². The molecule has 1 atom stereocenters. The molecule has 24 heavy (non-hydrogen) atoms. The van der Waals surface area contributed by atoms with Crippen molar-refractivity contribution in [3.8, 4) is 5.82 Å². The fraction of sp³-hybridized carbons (Fsp3) is 0.412. The molecule has 0 unspecified atom stereocenters. The molecule has 1 saturated heterocycles. The lowest BCUT2D eigenvalue weighted by atomic mass is 10.1. The second-order valence-corrected chi connectivity index (χ2v) is 6.44. The summed E-state index contributed by atoms with van der Waals surface area (Å²) in [6.45, 7) is 5.31. The highest BCUT2D eigenvalue weighted by Crippen LogP contribution is 2.21. The average Bonchev–Trinajstić information content (AvgIpc) is 3.18. The molecule has 0 spiro atoms. The fourth-order valence-corrected chi connectivity index (χ4v) is 2.81. The number of anilines is 1. The number of rotatable bonds is 5. The Bertz CT molecular complexity index is 709. The van der Waals surface area contributed by atoms with Crippen molar-refractivity contribution >= 4 is 17.5 Å². The molecular weight excluding hydrogens is 306 g/mol. The van der Waals surface area contributed by atoms with Gasteiger partial charge >= 0.3 is 0 Å². The zero-order valence-electron chi connectivity index (χ0n) is 13.8. The van der Waals surface area contributed by atoms with Crippen molar-refractivity contribution in [3.05, 3.63) is 36.8 Å². The van der Waals surface area contributed by atoms with Crippen molar-refractivity contribution < 1.29 is 9.59 Å². The number of nitrogens with zero attached hydrogens (tertiary/aromatic N) is 4. The van der Waals surface area contributed by atoms with Gasteiger partial charge in [0.25, 0.3) is 0 Å². The Labute approximate surface area is 140 Å². The summed E-state index contributed by atoms with van der Waals surface area (Å²) in [4.78, 5) is 30.4. The molecule has 0 bridgehead atoms. The van der Waals surface area contributed by atoms with E-state index in [-0.39, 0.29) is 24.2 Å². The second-order valence-electron chi connectivity index (χ2n) is 6.44. The molecule has 0 radical (unpaired) electrons. The van der Waals surface area contributed by atoms with Gasteiger partial charge in [-0.15, -0.1) is 0 Å². The van der Waals surface area contributed by atoms with Crippen molar-refractivity contribution in [2.24, 2.45) is 11.8 Å². The average molecular weight is 327 g/mol. The standard InChI is InChI=1S/C17H21N5O2/c1-12(2)10-21-11-13(8-16(21)23)17(24)20-14-4-5-15(18-9-14)22-7-3-6-19-22/h3-7,9,12-13H,8,10-11H2,1-2H3,(H,20,24)/t13-/m0/s1. The number of hydrogen-bond donors (Lipinski definition) is 1. The van der Waals surface area contributed by atoms with Crippen molar-refractivity contribution in [2.45, 2.75) is 20.3 Å². The van der Waals surface area contributed by atoms with Crippen LogP contribution in [0.3, 0.4) is 0 Å². The molecule has 1 aliphatic rings. The number of aromatic nitrogens is 3. The molecule has 3 heterocycles. The first-order valence-corrected chi connectivity index (χ1v) is 8.07. The SMILES string of the molecule is CC(C)CN1C[C@@H](C(=O)Nc2ccc(-n3cccn3)nc2)CC1=O. The topological polar surface area (TPSA) is 80.1 Å². The Balaban J connectivity index is 1.60. The Hall–Kier alpha value is -2.70. The smallest absolute Gasteiger partial charge is 0.229 e. The third kappa shape index (κ3) is 3.61. The normalized spacial score (nSPS) is 17.5. The summed E-state index contributed by atoms with van der Waals surface area (Å²) in [5, 5.41) is 6.94. The van der Waals surface area contributed by atoms with Crippen LogP contribution in [0, 0.1) is 11.8 Å². The maximum atomic E-state index is 12.4. The van der Waals surface area contributed by atoms with Crippen LogP contribution in [0.25, 0.3) is 5.82 Å². The van der Waals surface area contributed by atoms with Crippen molar-refractivity contribution in [3.63, 3.8) is 0 Å². The zero-order chi connectivity index (χ0) is 17.1. The summed E-state index contributed by atoms with van der Waals surface area (Å²) >= 11 is 0. The molecule has 1 fully saturated rings. The van der Waals surface area contributed by atoms with Gasteiger partial charge in [-0.1, -0.05) is 13.8 Å². The van der Waals surface area contributed by atoms with Gasteiger partial charge in [0.2, 0.25) is 11.8 Å². The van der Waals surface area contributed by atoms with E-state index in [4.69, 9.17) is 0 Å². The fourth-order valence-electron chi connectivity index (χ4n) is 2.81. The predicted molar refractivity (Wildman–Crippen MR) is 89.5 cm³/mol. The molecule has 7 heteroatoms. The van der Waals surface area contributed by atoms with Gasteiger partial charge in [-0.3, -0.25) is 9.59 Å². The highest BCUT2D eigenvalue weighted by Gasteiger charge is 2.34. The van der Waals surface area contributed by atoms with Crippen LogP contribution in [-0.2, 0) is 9.59 Å². The van der Waals surface area contributed by atoms with Crippen molar-refractivity contribution in [1.29, 1.82) is 0 Å². The van der Waals surface area contributed by atoms with Crippen LogP contribution in [0.2, 0.25) is 0 Å². The number of hydrogen-bond acceptors (Lipinski definition) is 4. The first-order valence-electron chi connectivity index (χ1n) is 8.07. The minimum Gasteiger partial charge on any atom is -0.342 e. The van der Waals surface area contributed by atoms with E-state index >= 15 is 0 Å². The Morgan fingerprint density at radius 2 is 2.25 bits per heavy atom. The molecule has 1 N–H and O–H groups in total. The van der Waals surface area contributed by atoms with Crippen LogP contribution in [0.15, 0.2) is 36.8 Å². The molecule has 126 valence electrons. The van der Waals surface area contributed by atoms with E-state index in [1.807, 2.05) is 6.07 Å². The van der Waals surface area contributed by atoms with E-state index in [0.29, 0.717) is 30.5 Å². The van der Waals surface area contributed by atoms with Gasteiger partial charge in [0.1, 0.15) is 0 Å². The number of nitrogens with one attached hydrogen (secondary N) is 1. The maximum Gasteiger partial charge on any atom is 0.229 e. The molecule has 0 aliphatic carbocycles. The quantitative estimate of drug-likeness (QED) is 0.906. The summed E-state index contributed by atoms with van der Waals surface area (Å²) in [5.74, 6) is 0.688. The summed E-state index contributed by atoms with van der Waals surface area (Å²) in [5.41, 5.74) is 0.616. The molecule has 2 amide bonds. The lowest BCUT2D eigenvalue weighted by Gasteiger charge is -2.18. The summed E-state index contributed by atoms with van der Waals surface area (Å²) in [6.07, 6.45) is 5.35. The summed E-state index contributed by atoms with van der Waals surface area (Å²) in [6, 6.07) is 5.38. The van der Waals surface area contributed by atoms with E-state index < -0.39 is 0 Å². The van der Waals surface area contributed by atoms with Crippen LogP contribution in [0.1, 0.15) is 20.3 Å². The zero-order valence-corrected chi connectivity index (χ0v) is 13.8. The van der Waals surface area contributed by atoms with Crippen LogP contribution >= 0.6 is 0 Å². The van der Waals surface area contributed by atoms with Crippen molar-refractivity contribution in [2.75, 3.05) is 18.4 Å². The summed E-state index contributed by atoms with van der Waals surface area (Å²) in [7, 11) is 0. The van der Waals surface area contributed by atoms with Gasteiger partial charge in [-0.05, 0) is 24.1 Å². The Morgan fingerprint density at radius 3 is 2.88 bits per heavy atom. The van der Waals surface area contributed by atoms with Gasteiger partial charge < -0.3 is 10.2 Å². The minimum atomic E-state index is -0.304. The highest BCUT2D eigenvalue weighted by molar-refractivity contribution is 5.97. The van der Waals surface area contributed by atoms with Gasteiger partial charge in [0, 0.05) is 31.9 Å². The predicted octanol–water partition coefficient (Wildman–Crippen LogP) is 1.71. The number of carbonyl (C=O) groups excluding carboxylic acids is 2. The van der Waals surface area contributed by atoms with Crippen LogP contribution in [0.4, 0.5) is 5.69 Å². The molecule has 3 rings (SSSR count). The van der Waals surface area contributed by atoms with Crippen molar-refractivity contribution in [1.82, 2.24) is 19.7 Å². The number of likely N-dealkylation sites (tertiary alicyclic amines) is 1. The van der Waals surface area contributed by atoms with E-state index in [1.165, 1.54) is 0 Å². The van der Waals surface area contributed by atoms with E-state index in [9.17, 15) is 9.59 Å². The molecule has 2 aromatic rings. The molecule has 0 aromatic carbocycles. The monoisotopic (exact) mass is 327 g/mol. The third-order valence-electron chi connectivity index (χ3n) is 3.93. The Kier molecular flexibility index (Phi) is 4.59. The summed E-state index contributed by atoms with van der Waals surface area (Å²) < 4.78 is 1.64. The minimum absolute atomic E-state index is 0.0519. The lowest BCUT2D eigenvalue weighted by Crippen LogP contribution is -2.31. The lowest BCUT2D eigenvalue weighted by molar-refractivity contribution is -0.128. The number of carbonyl (C=O) groups is 2. The van der Waals surface area contributed by atoms with E-state index in [1.54, 1.807) is 40.3 Å². The van der Waals surface area contributed by atoms with Gasteiger partial charge in [-0.2, -0.15) is 5.10 Å². The molecule has 7 nitrogen and oxygen atoms in total. The molecule has 2 aromatic heterocycles. The first-order chi connectivity index (χ1) is 11.5. The van der Waals surface area contributed by atoms with Gasteiger partial charge in [-0.25, -0.2) is 9.67 Å².